The number of fused-ring (bicyclic) bond motifs is 7. The van der Waals surface area contributed by atoms with Crippen molar-refractivity contribution < 1.29 is 4.74 Å². The molecule has 4 unspecified atom stereocenters. The Hall–Kier alpha value is -5.45. The first-order valence-electron chi connectivity index (χ1n) is 15.3. The van der Waals surface area contributed by atoms with Gasteiger partial charge in [0.1, 0.15) is 12.4 Å². The molecule has 216 valence electrons. The van der Waals surface area contributed by atoms with E-state index in [4.69, 9.17) is 4.74 Å². The fraction of sp³-hybridized carbons (Fsp3) is 0.103. The monoisotopic (exact) mass is 583 g/mol. The number of aromatic nitrogens is 1. The smallest absolute Gasteiger partial charge is 0.152 e. The van der Waals surface area contributed by atoms with Crippen LogP contribution in [0.2, 0.25) is 0 Å². The van der Waals surface area contributed by atoms with Crippen LogP contribution < -0.4 is 20.7 Å². The van der Waals surface area contributed by atoms with E-state index in [1.165, 1.54) is 16.3 Å². The van der Waals surface area contributed by atoms with Gasteiger partial charge in [-0.1, -0.05) is 103 Å². The van der Waals surface area contributed by atoms with Crippen LogP contribution >= 0.6 is 0 Å². The van der Waals surface area contributed by atoms with Gasteiger partial charge in [-0.3, -0.25) is 16.0 Å². The summed E-state index contributed by atoms with van der Waals surface area (Å²) >= 11 is 0. The number of hydrogen-bond donors (Lipinski definition) is 3. The lowest BCUT2D eigenvalue weighted by Gasteiger charge is -2.40. The Morgan fingerprint density at radius 2 is 1.44 bits per heavy atom. The average molecular weight is 584 g/mol. The Labute approximate surface area is 260 Å². The number of rotatable bonds is 4. The maximum Gasteiger partial charge on any atom is 0.152 e. The Kier molecular flexibility index (Phi) is 5.97. The Balaban J connectivity index is 1.20. The largest absolute Gasteiger partial charge is 0.479 e. The Bertz CT molecular complexity index is 2220. The standard InChI is InChI=1S/C39H29N5O/c40-23-24-9-6-12-26(21-24)27-13-7-14-28(22-27)38-41-37(25-10-2-1-3-11-25)42-39(43-38)44-33-17-5-4-15-29(33)31-19-20-32-30-16-8-18-34(30)45-36(32)35(31)44/h1-22,34,37-39,41-43H. The summed E-state index contributed by atoms with van der Waals surface area (Å²) in [5.41, 5.74) is 9.57. The summed E-state index contributed by atoms with van der Waals surface area (Å²) in [6, 6.07) is 42.1. The van der Waals surface area contributed by atoms with Crippen molar-refractivity contribution in [3.8, 4) is 22.9 Å². The molecule has 3 N–H and O–H groups in total. The van der Waals surface area contributed by atoms with Crippen molar-refractivity contribution in [2.24, 2.45) is 0 Å². The fourth-order valence-corrected chi connectivity index (χ4v) is 7.08. The van der Waals surface area contributed by atoms with E-state index in [-0.39, 0.29) is 24.7 Å². The average Bonchev–Trinajstić information content (AvgIpc) is 3.80. The highest BCUT2D eigenvalue weighted by atomic mass is 16.5. The summed E-state index contributed by atoms with van der Waals surface area (Å²) in [7, 11) is 0. The number of benzene rings is 5. The van der Waals surface area contributed by atoms with Crippen molar-refractivity contribution in [2.45, 2.75) is 24.7 Å². The lowest BCUT2D eigenvalue weighted by atomic mass is 9.99. The second kappa shape index (κ2) is 10.3. The van der Waals surface area contributed by atoms with Crippen molar-refractivity contribution in [1.29, 1.82) is 5.26 Å². The molecule has 0 bridgehead atoms. The van der Waals surface area contributed by atoms with Crippen molar-refractivity contribution >= 4 is 27.4 Å². The van der Waals surface area contributed by atoms with Crippen LogP contribution in [0.4, 0.5) is 0 Å². The molecular formula is C39H29N5O. The summed E-state index contributed by atoms with van der Waals surface area (Å²) in [6.07, 6.45) is 5.74. The topological polar surface area (TPSA) is 74.0 Å². The van der Waals surface area contributed by atoms with Gasteiger partial charge < -0.3 is 9.30 Å². The van der Waals surface area contributed by atoms with Crippen molar-refractivity contribution in [1.82, 2.24) is 20.5 Å². The molecule has 4 atom stereocenters. The van der Waals surface area contributed by atoms with Crippen LogP contribution in [0.25, 0.3) is 38.5 Å². The zero-order valence-corrected chi connectivity index (χ0v) is 24.3. The molecule has 1 aromatic heterocycles. The van der Waals surface area contributed by atoms with Gasteiger partial charge in [0.05, 0.1) is 35.0 Å². The SMILES string of the molecule is N#Cc1cccc(-c2cccc(C3NC(c4ccccc4)NC(n4c5ccccc5c5ccc6c(c54)OC4C=CC=C64)N3)c2)c1. The molecule has 1 saturated heterocycles. The summed E-state index contributed by atoms with van der Waals surface area (Å²) in [5, 5.41) is 23.4. The molecular weight excluding hydrogens is 554 g/mol. The van der Waals surface area contributed by atoms with E-state index in [2.05, 4.69) is 136 Å². The van der Waals surface area contributed by atoms with Gasteiger partial charge in [-0.2, -0.15) is 5.26 Å². The zero-order valence-electron chi connectivity index (χ0n) is 24.3. The molecule has 0 radical (unpaired) electrons. The molecule has 3 heterocycles. The van der Waals surface area contributed by atoms with E-state index < -0.39 is 0 Å². The van der Waals surface area contributed by atoms with E-state index in [9.17, 15) is 5.26 Å². The number of nitrogens with zero attached hydrogens (tertiary/aromatic N) is 2. The normalized spacial score (nSPS) is 21.7. The molecule has 2 aliphatic heterocycles. The van der Waals surface area contributed by atoms with Gasteiger partial charge in [-0.25, -0.2) is 0 Å². The first-order valence-corrected chi connectivity index (χ1v) is 15.3. The third-order valence-corrected chi connectivity index (χ3v) is 9.17. The summed E-state index contributed by atoms with van der Waals surface area (Å²) < 4.78 is 9.02. The molecule has 6 heteroatoms. The quantitative estimate of drug-likeness (QED) is 0.199. The minimum Gasteiger partial charge on any atom is -0.479 e. The van der Waals surface area contributed by atoms with Gasteiger partial charge in [0.25, 0.3) is 0 Å². The lowest BCUT2D eigenvalue weighted by Crippen LogP contribution is -2.56. The molecule has 0 spiro atoms. The number of nitrogens with one attached hydrogen (secondary N) is 3. The highest BCUT2D eigenvalue weighted by Crippen LogP contribution is 2.48. The van der Waals surface area contributed by atoms with E-state index >= 15 is 0 Å². The summed E-state index contributed by atoms with van der Waals surface area (Å²) in [5.74, 6) is 0.929. The van der Waals surface area contributed by atoms with Crippen LogP contribution in [0.1, 0.15) is 40.9 Å². The van der Waals surface area contributed by atoms with Gasteiger partial charge in [0.2, 0.25) is 0 Å². The number of nitriles is 1. The Morgan fingerprint density at radius 1 is 0.689 bits per heavy atom. The fourth-order valence-electron chi connectivity index (χ4n) is 7.08. The zero-order chi connectivity index (χ0) is 29.9. The summed E-state index contributed by atoms with van der Waals surface area (Å²) in [4.78, 5) is 0. The van der Waals surface area contributed by atoms with E-state index in [0.717, 1.165) is 44.6 Å². The van der Waals surface area contributed by atoms with E-state index in [1.54, 1.807) is 0 Å². The molecule has 6 nitrogen and oxygen atoms in total. The van der Waals surface area contributed by atoms with E-state index in [0.29, 0.717) is 5.56 Å². The minimum atomic E-state index is -0.269. The summed E-state index contributed by atoms with van der Waals surface area (Å²) in [6.45, 7) is 0. The minimum absolute atomic E-state index is 0.0434. The molecule has 9 rings (SSSR count). The molecule has 1 fully saturated rings. The van der Waals surface area contributed by atoms with Gasteiger partial charge >= 0.3 is 0 Å². The molecule has 45 heavy (non-hydrogen) atoms. The van der Waals surface area contributed by atoms with Gasteiger partial charge in [-0.05, 0) is 52.6 Å². The van der Waals surface area contributed by atoms with Gasteiger partial charge in [-0.15, -0.1) is 0 Å². The lowest BCUT2D eigenvalue weighted by molar-refractivity contribution is 0.160. The molecule has 0 saturated carbocycles. The van der Waals surface area contributed by atoms with Crippen LogP contribution in [0.5, 0.6) is 5.75 Å². The Morgan fingerprint density at radius 3 is 2.31 bits per heavy atom. The first kappa shape index (κ1) is 26.0. The molecule has 5 aromatic carbocycles. The van der Waals surface area contributed by atoms with Crippen molar-refractivity contribution in [2.75, 3.05) is 0 Å². The van der Waals surface area contributed by atoms with Crippen molar-refractivity contribution in [3.63, 3.8) is 0 Å². The molecule has 1 aliphatic carbocycles. The third-order valence-electron chi connectivity index (χ3n) is 9.17. The van der Waals surface area contributed by atoms with Crippen molar-refractivity contribution in [3.05, 3.63) is 156 Å². The predicted molar refractivity (Wildman–Crippen MR) is 178 cm³/mol. The maximum atomic E-state index is 9.49. The van der Waals surface area contributed by atoms with Crippen LogP contribution in [0, 0.1) is 11.3 Å². The predicted octanol–water partition coefficient (Wildman–Crippen LogP) is 7.68. The van der Waals surface area contributed by atoms with Crippen LogP contribution in [0.3, 0.4) is 0 Å². The van der Waals surface area contributed by atoms with Crippen LogP contribution in [-0.4, -0.2) is 10.7 Å². The molecule has 3 aliphatic rings. The third kappa shape index (κ3) is 4.21. The molecule has 0 amide bonds. The van der Waals surface area contributed by atoms with Crippen LogP contribution in [-0.2, 0) is 0 Å². The number of allylic oxidation sites excluding steroid dienone is 2. The second-order valence-electron chi connectivity index (χ2n) is 11.8. The van der Waals surface area contributed by atoms with Crippen LogP contribution in [0.15, 0.2) is 133 Å². The highest BCUT2D eigenvalue weighted by Gasteiger charge is 2.36. The highest BCUT2D eigenvalue weighted by molar-refractivity contribution is 6.12. The number of ether oxygens (including phenoxy) is 1. The number of para-hydroxylation sites is 1. The molecule has 6 aromatic rings. The van der Waals surface area contributed by atoms with E-state index in [1.807, 2.05) is 24.3 Å². The van der Waals surface area contributed by atoms with Gasteiger partial charge in [0.15, 0.2) is 5.75 Å². The second-order valence-corrected chi connectivity index (χ2v) is 11.8. The maximum absolute atomic E-state index is 9.49. The first-order chi connectivity index (χ1) is 22.2. The number of hydrogen-bond acceptors (Lipinski definition) is 5. The van der Waals surface area contributed by atoms with Gasteiger partial charge in [0, 0.05) is 21.9 Å².